The Morgan fingerprint density at radius 3 is 2.64 bits per heavy atom. The predicted octanol–water partition coefficient (Wildman–Crippen LogP) is 3.26. The third kappa shape index (κ3) is 4.99. The van der Waals surface area contributed by atoms with Gasteiger partial charge in [0, 0.05) is 12.1 Å². The van der Waals surface area contributed by atoms with Crippen LogP contribution in [0.4, 0.5) is 10.5 Å². The largest absolute Gasteiger partial charge is 0.493 e. The minimum Gasteiger partial charge on any atom is -0.493 e. The van der Waals surface area contributed by atoms with E-state index in [0.29, 0.717) is 11.3 Å². The van der Waals surface area contributed by atoms with Gasteiger partial charge < -0.3 is 23.9 Å². The van der Waals surface area contributed by atoms with E-state index in [1.165, 1.54) is 44.6 Å². The summed E-state index contributed by atoms with van der Waals surface area (Å²) < 4.78 is 20.9. The first-order chi connectivity index (χ1) is 17.3. The molecule has 184 valence electrons. The molecule has 3 aromatic rings. The second-order valence-electron chi connectivity index (χ2n) is 7.26. The summed E-state index contributed by atoms with van der Waals surface area (Å²) >= 11 is 0. The van der Waals surface area contributed by atoms with Gasteiger partial charge in [-0.15, -0.1) is 0 Å². The molecule has 4 rings (SSSR count). The number of hydrogen-bond acceptors (Lipinski definition) is 10. The van der Waals surface area contributed by atoms with Gasteiger partial charge in [0.1, 0.15) is 17.7 Å². The molecule has 0 atom stereocenters. The van der Waals surface area contributed by atoms with Crippen molar-refractivity contribution >= 4 is 29.7 Å². The van der Waals surface area contributed by atoms with Gasteiger partial charge in [-0.05, 0) is 35.9 Å². The first-order valence-electron chi connectivity index (χ1n) is 10.3. The lowest BCUT2D eigenvalue weighted by Crippen LogP contribution is -2.30. The van der Waals surface area contributed by atoms with Gasteiger partial charge in [0.05, 0.1) is 25.7 Å². The van der Waals surface area contributed by atoms with Crippen molar-refractivity contribution < 1.29 is 37.9 Å². The molecule has 2 aromatic heterocycles. The Labute approximate surface area is 203 Å². The van der Waals surface area contributed by atoms with Gasteiger partial charge in [-0.3, -0.25) is 19.8 Å². The van der Waals surface area contributed by atoms with E-state index in [9.17, 15) is 24.5 Å². The van der Waals surface area contributed by atoms with E-state index in [-0.39, 0.29) is 41.1 Å². The fourth-order valence-corrected chi connectivity index (χ4v) is 3.22. The van der Waals surface area contributed by atoms with E-state index in [0.717, 1.165) is 11.1 Å². The number of nitro groups is 1. The van der Waals surface area contributed by atoms with Gasteiger partial charge in [0.25, 0.3) is 11.6 Å². The third-order valence-corrected chi connectivity index (χ3v) is 4.97. The number of nitrogens with zero attached hydrogens (tertiary/aromatic N) is 3. The molecule has 0 radical (unpaired) electrons. The number of pyridine rings is 1. The fourth-order valence-electron chi connectivity index (χ4n) is 3.22. The Kier molecular flexibility index (Phi) is 6.63. The maximum absolute atomic E-state index is 12.8. The van der Waals surface area contributed by atoms with Crippen molar-refractivity contribution in [2.45, 2.75) is 6.54 Å². The summed E-state index contributed by atoms with van der Waals surface area (Å²) in [6, 6.07) is 9.56. The lowest BCUT2D eigenvalue weighted by Gasteiger charge is -2.10. The van der Waals surface area contributed by atoms with Crippen LogP contribution in [0.3, 0.4) is 0 Å². The number of furan rings is 1. The Balaban J connectivity index is 1.49. The normalized spacial score (nSPS) is 14.1. The van der Waals surface area contributed by atoms with Crippen molar-refractivity contribution in [3.05, 3.63) is 81.6 Å². The van der Waals surface area contributed by atoms with Gasteiger partial charge in [0.15, 0.2) is 11.5 Å². The highest BCUT2D eigenvalue weighted by atomic mass is 16.6. The summed E-state index contributed by atoms with van der Waals surface area (Å²) in [6.07, 6.45) is 2.53. The molecule has 1 N–H and O–H groups in total. The summed E-state index contributed by atoms with van der Waals surface area (Å²) in [5.74, 6) is -0.396. The van der Waals surface area contributed by atoms with E-state index in [1.807, 2.05) is 0 Å². The highest BCUT2D eigenvalue weighted by molar-refractivity contribution is 6.13. The number of hydrogen-bond donors (Lipinski definition) is 1. The molecule has 3 amide bonds. The zero-order valence-corrected chi connectivity index (χ0v) is 18.9. The van der Waals surface area contributed by atoms with Crippen LogP contribution in [0.2, 0.25) is 0 Å². The number of rotatable bonds is 8. The lowest BCUT2D eigenvalue weighted by molar-refractivity contribution is -0.385. The number of urea groups is 1. The number of amides is 3. The number of carbonyl (C=O) groups is 3. The second kappa shape index (κ2) is 9.97. The van der Waals surface area contributed by atoms with Crippen LogP contribution >= 0.6 is 0 Å². The van der Waals surface area contributed by atoms with Gasteiger partial charge in [-0.25, -0.2) is 14.6 Å². The highest BCUT2D eigenvalue weighted by Gasteiger charge is 2.34. The number of nitrogens with one attached hydrogen (secondary N) is 1. The van der Waals surface area contributed by atoms with Gasteiger partial charge >= 0.3 is 12.0 Å². The van der Waals surface area contributed by atoms with E-state index in [2.05, 4.69) is 15.0 Å². The molecule has 0 unspecified atom stereocenters. The maximum Gasteiger partial charge on any atom is 0.373 e. The smallest absolute Gasteiger partial charge is 0.373 e. The van der Waals surface area contributed by atoms with Gasteiger partial charge in [-0.2, -0.15) is 0 Å². The van der Waals surface area contributed by atoms with E-state index in [1.54, 1.807) is 18.2 Å². The Morgan fingerprint density at radius 2 is 1.97 bits per heavy atom. The molecular formula is C23H18N4O9. The zero-order chi connectivity index (χ0) is 25.8. The van der Waals surface area contributed by atoms with Crippen LogP contribution in [-0.2, 0) is 16.1 Å². The monoisotopic (exact) mass is 494 g/mol. The Morgan fingerprint density at radius 1 is 1.17 bits per heavy atom. The number of aromatic nitrogens is 1. The van der Waals surface area contributed by atoms with Crippen LogP contribution in [0.1, 0.15) is 21.9 Å². The van der Waals surface area contributed by atoms with E-state index in [4.69, 9.17) is 13.9 Å². The molecular weight excluding hydrogens is 476 g/mol. The van der Waals surface area contributed by atoms with Crippen molar-refractivity contribution in [1.29, 1.82) is 0 Å². The molecule has 1 fully saturated rings. The molecule has 0 bridgehead atoms. The predicted molar refractivity (Wildman–Crippen MR) is 121 cm³/mol. The van der Waals surface area contributed by atoms with E-state index >= 15 is 0 Å². The van der Waals surface area contributed by atoms with Crippen molar-refractivity contribution in [2.24, 2.45) is 0 Å². The minimum absolute atomic E-state index is 0.0208. The van der Waals surface area contributed by atoms with Crippen LogP contribution in [0.25, 0.3) is 6.08 Å². The number of benzene rings is 1. The molecule has 1 aliphatic heterocycles. The first-order valence-corrected chi connectivity index (χ1v) is 10.3. The molecule has 3 heterocycles. The number of ether oxygens (including phenoxy) is 3. The summed E-state index contributed by atoms with van der Waals surface area (Å²) in [4.78, 5) is 51.7. The molecule has 36 heavy (non-hydrogen) atoms. The van der Waals surface area contributed by atoms with Gasteiger partial charge in [0.2, 0.25) is 11.6 Å². The topological polar surface area (TPSA) is 163 Å². The van der Waals surface area contributed by atoms with Crippen LogP contribution in [-0.4, -0.2) is 46.9 Å². The van der Waals surface area contributed by atoms with Crippen LogP contribution < -0.4 is 14.8 Å². The molecule has 0 spiro atoms. The van der Waals surface area contributed by atoms with Crippen molar-refractivity contribution in [3.8, 4) is 17.4 Å². The van der Waals surface area contributed by atoms with E-state index < -0.39 is 22.8 Å². The molecule has 1 aliphatic rings. The standard InChI is InChI=1S/C23H18N4O9/c1-33-19-10-13(3-6-17(19)36-20-8-4-14(11-24-20)27(31)32)9-16-21(28)26(23(30)25-16)12-15-5-7-18(35-15)22(29)34-2/h3-11H,12H2,1-2H3,(H,25,30)/b16-9-. The highest BCUT2D eigenvalue weighted by Crippen LogP contribution is 2.33. The van der Waals surface area contributed by atoms with Crippen molar-refractivity contribution in [1.82, 2.24) is 15.2 Å². The molecule has 1 saturated heterocycles. The molecule has 0 saturated carbocycles. The summed E-state index contributed by atoms with van der Waals surface area (Å²) in [5, 5.41) is 13.3. The van der Waals surface area contributed by atoms with Crippen molar-refractivity contribution in [2.75, 3.05) is 14.2 Å². The average molecular weight is 494 g/mol. The number of methoxy groups -OCH3 is 2. The Bertz CT molecular complexity index is 1380. The molecule has 0 aliphatic carbocycles. The fraction of sp³-hybridized carbons (Fsp3) is 0.130. The Hall–Kier alpha value is -5.20. The van der Waals surface area contributed by atoms with Crippen LogP contribution in [0.5, 0.6) is 17.4 Å². The SMILES string of the molecule is COC(=O)c1ccc(CN2C(=O)N/C(=C\c3ccc(Oc4ccc([N+](=O)[O-])cn4)c(OC)c3)C2=O)o1. The summed E-state index contributed by atoms with van der Waals surface area (Å²) in [5.41, 5.74) is 0.365. The maximum atomic E-state index is 12.8. The van der Waals surface area contributed by atoms with Gasteiger partial charge in [-0.1, -0.05) is 6.07 Å². The molecule has 1 aromatic carbocycles. The van der Waals surface area contributed by atoms with Crippen molar-refractivity contribution in [3.63, 3.8) is 0 Å². The quantitative estimate of drug-likeness (QED) is 0.162. The summed E-state index contributed by atoms with van der Waals surface area (Å²) in [6.45, 7) is -0.183. The number of carbonyl (C=O) groups excluding carboxylic acids is 3. The van der Waals surface area contributed by atoms with Crippen LogP contribution in [0.15, 0.2) is 58.8 Å². The first kappa shape index (κ1) is 23.9. The molecule has 13 heteroatoms. The number of imide groups is 1. The number of esters is 1. The third-order valence-electron chi connectivity index (χ3n) is 4.97. The zero-order valence-electron chi connectivity index (χ0n) is 18.9. The lowest BCUT2D eigenvalue weighted by atomic mass is 10.1. The minimum atomic E-state index is -0.676. The summed E-state index contributed by atoms with van der Waals surface area (Å²) in [7, 11) is 2.62. The average Bonchev–Trinajstić information content (AvgIpc) is 3.45. The second-order valence-corrected chi connectivity index (χ2v) is 7.26. The molecule has 13 nitrogen and oxygen atoms in total. The van der Waals surface area contributed by atoms with Crippen LogP contribution in [0, 0.1) is 10.1 Å².